The summed E-state index contributed by atoms with van der Waals surface area (Å²) in [7, 11) is 0. The molecule has 0 aromatic carbocycles. The Balaban J connectivity index is 4.21. The molecule has 0 spiro atoms. The minimum atomic E-state index is -0.771. The number of ether oxygens (including phenoxy) is 3. The van der Waals surface area contributed by atoms with Crippen molar-refractivity contribution in [2.45, 2.75) is 354 Å². The maximum absolute atomic E-state index is 12.9. The number of hydrogen-bond donors (Lipinski definition) is 0. The summed E-state index contributed by atoms with van der Waals surface area (Å²) in [6.45, 7) is 6.68. The molecule has 0 aliphatic rings. The van der Waals surface area contributed by atoms with E-state index in [2.05, 4.69) is 45.1 Å². The normalized spacial score (nSPS) is 12.1. The summed E-state index contributed by atoms with van der Waals surface area (Å²) in [5.41, 5.74) is 0. The van der Waals surface area contributed by atoms with Crippen LogP contribution in [-0.2, 0) is 28.6 Å². The minimum Gasteiger partial charge on any atom is -0.462 e. The lowest BCUT2D eigenvalue weighted by Gasteiger charge is -2.18. The molecule has 6 nitrogen and oxygen atoms in total. The maximum atomic E-state index is 12.9. The molecule has 70 heavy (non-hydrogen) atoms. The fraction of sp³-hybridized carbons (Fsp3) is 0.891. The van der Waals surface area contributed by atoms with Crippen LogP contribution in [0.1, 0.15) is 348 Å². The van der Waals surface area contributed by atoms with Crippen molar-refractivity contribution in [2.24, 2.45) is 0 Å². The summed E-state index contributed by atoms with van der Waals surface area (Å²) in [6, 6.07) is 0. The van der Waals surface area contributed by atoms with Crippen molar-refractivity contribution in [1.29, 1.82) is 0 Å². The van der Waals surface area contributed by atoms with Gasteiger partial charge in [0.25, 0.3) is 0 Å². The number of carbonyl (C=O) groups excluding carboxylic acids is 3. The van der Waals surface area contributed by atoms with E-state index in [0.717, 1.165) is 64.2 Å². The zero-order valence-corrected chi connectivity index (χ0v) is 47.3. The van der Waals surface area contributed by atoms with Gasteiger partial charge in [-0.1, -0.05) is 283 Å². The van der Waals surface area contributed by atoms with Gasteiger partial charge in [-0.15, -0.1) is 0 Å². The van der Waals surface area contributed by atoms with Crippen molar-refractivity contribution in [1.82, 2.24) is 0 Å². The molecule has 0 aliphatic carbocycles. The molecule has 0 aromatic heterocycles. The van der Waals surface area contributed by atoms with E-state index in [-0.39, 0.29) is 31.1 Å². The molecule has 6 heteroatoms. The smallest absolute Gasteiger partial charge is 0.306 e. The van der Waals surface area contributed by atoms with Crippen molar-refractivity contribution in [2.75, 3.05) is 13.2 Å². The Morgan fingerprint density at radius 2 is 0.471 bits per heavy atom. The number of allylic oxidation sites excluding steroid dienone is 4. The third-order valence-electron chi connectivity index (χ3n) is 14.2. The van der Waals surface area contributed by atoms with Crippen molar-refractivity contribution in [3.05, 3.63) is 24.3 Å². The molecule has 0 saturated carbocycles. The molecular weight excluding hydrogens is 865 g/mol. The first-order chi connectivity index (χ1) is 34.5. The zero-order chi connectivity index (χ0) is 50.7. The molecule has 1 unspecified atom stereocenters. The predicted octanol–water partition coefficient (Wildman–Crippen LogP) is 21.1. The molecular formula is C64H120O6. The molecule has 0 N–H and O–H groups in total. The zero-order valence-electron chi connectivity index (χ0n) is 47.3. The number of rotatable bonds is 58. The van der Waals surface area contributed by atoms with Crippen LogP contribution in [-0.4, -0.2) is 37.2 Å². The summed E-state index contributed by atoms with van der Waals surface area (Å²) < 4.78 is 16.9. The lowest BCUT2D eigenvalue weighted by atomic mass is 10.0. The average molecular weight is 986 g/mol. The quantitative estimate of drug-likeness (QED) is 0.0261. The minimum absolute atomic E-state index is 0.0696. The van der Waals surface area contributed by atoms with Gasteiger partial charge in [-0.3, -0.25) is 14.4 Å². The van der Waals surface area contributed by atoms with Crippen LogP contribution in [0.2, 0.25) is 0 Å². The Kier molecular flexibility index (Phi) is 57.7. The SMILES string of the molecule is CCCCCCCC/C=C\CCCCCCCC(=O)OC(COC(=O)CCCCCCCCCCCCCC)COC(=O)CCCCCCCCCCCCCCC/C=C\CCCCCCCCCC. The van der Waals surface area contributed by atoms with Gasteiger partial charge in [-0.2, -0.15) is 0 Å². The lowest BCUT2D eigenvalue weighted by Crippen LogP contribution is -2.30. The Morgan fingerprint density at radius 1 is 0.271 bits per heavy atom. The first kappa shape index (κ1) is 67.9. The molecule has 0 saturated heterocycles. The van der Waals surface area contributed by atoms with E-state index in [1.807, 2.05) is 0 Å². The Labute approximate surface area is 436 Å². The van der Waals surface area contributed by atoms with E-state index in [9.17, 15) is 14.4 Å². The number of carbonyl (C=O) groups is 3. The van der Waals surface area contributed by atoms with Gasteiger partial charge in [-0.05, 0) is 70.6 Å². The van der Waals surface area contributed by atoms with Gasteiger partial charge in [0.1, 0.15) is 13.2 Å². The second-order valence-corrected chi connectivity index (χ2v) is 21.3. The molecule has 0 heterocycles. The van der Waals surface area contributed by atoms with E-state index in [1.54, 1.807) is 0 Å². The van der Waals surface area contributed by atoms with Crippen molar-refractivity contribution >= 4 is 17.9 Å². The third kappa shape index (κ3) is 56.8. The molecule has 0 rings (SSSR count). The van der Waals surface area contributed by atoms with Crippen LogP contribution < -0.4 is 0 Å². The van der Waals surface area contributed by atoms with Gasteiger partial charge in [0.2, 0.25) is 0 Å². The summed E-state index contributed by atoms with van der Waals surface area (Å²) in [5.74, 6) is -0.856. The first-order valence-corrected chi connectivity index (χ1v) is 31.3. The summed E-state index contributed by atoms with van der Waals surface area (Å²) >= 11 is 0. The van der Waals surface area contributed by atoms with E-state index in [0.29, 0.717) is 19.3 Å². The van der Waals surface area contributed by atoms with Gasteiger partial charge in [0, 0.05) is 19.3 Å². The van der Waals surface area contributed by atoms with Crippen LogP contribution in [0, 0.1) is 0 Å². The van der Waals surface area contributed by atoms with Crippen molar-refractivity contribution in [3.63, 3.8) is 0 Å². The molecule has 0 radical (unpaired) electrons. The molecule has 0 aliphatic heterocycles. The Hall–Kier alpha value is -2.11. The van der Waals surface area contributed by atoms with Gasteiger partial charge in [0.15, 0.2) is 6.10 Å². The molecule has 412 valence electrons. The molecule has 0 aromatic rings. The van der Waals surface area contributed by atoms with Crippen LogP contribution in [0.5, 0.6) is 0 Å². The van der Waals surface area contributed by atoms with Crippen molar-refractivity contribution < 1.29 is 28.6 Å². The Bertz CT molecular complexity index is 1130. The van der Waals surface area contributed by atoms with Crippen LogP contribution in [0.4, 0.5) is 0 Å². The molecule has 0 fully saturated rings. The van der Waals surface area contributed by atoms with Gasteiger partial charge in [-0.25, -0.2) is 0 Å². The highest BCUT2D eigenvalue weighted by molar-refractivity contribution is 5.71. The average Bonchev–Trinajstić information content (AvgIpc) is 3.36. The molecule has 0 bridgehead atoms. The van der Waals surface area contributed by atoms with Crippen molar-refractivity contribution in [3.8, 4) is 0 Å². The fourth-order valence-corrected chi connectivity index (χ4v) is 9.44. The number of esters is 3. The van der Waals surface area contributed by atoms with E-state index in [1.165, 1.54) is 244 Å². The third-order valence-corrected chi connectivity index (χ3v) is 14.2. The highest BCUT2D eigenvalue weighted by Gasteiger charge is 2.19. The number of hydrogen-bond acceptors (Lipinski definition) is 6. The monoisotopic (exact) mass is 985 g/mol. The molecule has 1 atom stereocenters. The van der Waals surface area contributed by atoms with E-state index >= 15 is 0 Å². The van der Waals surface area contributed by atoms with Crippen LogP contribution in [0.25, 0.3) is 0 Å². The maximum Gasteiger partial charge on any atom is 0.306 e. The summed E-state index contributed by atoms with van der Waals surface area (Å²) in [5, 5.41) is 0. The summed E-state index contributed by atoms with van der Waals surface area (Å²) in [6.07, 6.45) is 70.4. The number of unbranched alkanes of at least 4 members (excludes halogenated alkanes) is 43. The Morgan fingerprint density at radius 3 is 0.714 bits per heavy atom. The topological polar surface area (TPSA) is 78.9 Å². The molecule has 0 amide bonds. The van der Waals surface area contributed by atoms with Crippen LogP contribution >= 0.6 is 0 Å². The predicted molar refractivity (Wildman–Crippen MR) is 303 cm³/mol. The standard InChI is InChI=1S/C64H120O6/c1-4-7-10-13-16-19-22-25-27-28-29-30-31-32-33-34-35-36-38-39-42-45-48-51-54-57-63(66)69-60-61(59-68-62(65)56-53-50-47-44-41-24-21-18-15-12-9-6-3)70-64(67)58-55-52-49-46-43-40-37-26-23-20-17-14-11-8-5-2/h26,28-29,37,61H,4-25,27,30-36,38-60H2,1-3H3/b29-28-,37-26-. The van der Waals surface area contributed by atoms with E-state index in [4.69, 9.17) is 14.2 Å². The van der Waals surface area contributed by atoms with Crippen LogP contribution in [0.3, 0.4) is 0 Å². The van der Waals surface area contributed by atoms with Gasteiger partial charge in [0.05, 0.1) is 0 Å². The van der Waals surface area contributed by atoms with E-state index < -0.39 is 6.10 Å². The summed E-state index contributed by atoms with van der Waals surface area (Å²) in [4.78, 5) is 38.2. The largest absolute Gasteiger partial charge is 0.462 e. The van der Waals surface area contributed by atoms with Gasteiger partial charge >= 0.3 is 17.9 Å². The second-order valence-electron chi connectivity index (χ2n) is 21.3. The lowest BCUT2D eigenvalue weighted by molar-refractivity contribution is -0.167. The second kappa shape index (κ2) is 59.5. The fourth-order valence-electron chi connectivity index (χ4n) is 9.44. The van der Waals surface area contributed by atoms with Gasteiger partial charge < -0.3 is 14.2 Å². The highest BCUT2D eigenvalue weighted by Crippen LogP contribution is 2.17. The first-order valence-electron chi connectivity index (χ1n) is 31.3. The highest BCUT2D eigenvalue weighted by atomic mass is 16.6. The van der Waals surface area contributed by atoms with Crippen LogP contribution in [0.15, 0.2) is 24.3 Å².